The van der Waals surface area contributed by atoms with E-state index in [1.807, 2.05) is 82.6 Å². The van der Waals surface area contributed by atoms with E-state index in [4.69, 9.17) is 4.98 Å². The van der Waals surface area contributed by atoms with Gasteiger partial charge in [-0.15, -0.1) is 0 Å². The van der Waals surface area contributed by atoms with E-state index in [1.165, 1.54) is 0 Å². The number of hydrogen-bond donors (Lipinski definition) is 2. The summed E-state index contributed by atoms with van der Waals surface area (Å²) >= 11 is 0. The van der Waals surface area contributed by atoms with Crippen LogP contribution in [0.5, 0.6) is 0 Å². The summed E-state index contributed by atoms with van der Waals surface area (Å²) in [5.41, 5.74) is 4.20. The summed E-state index contributed by atoms with van der Waals surface area (Å²) in [6.45, 7) is 4.70. The standard InChI is InChI=1S/C31H34N6O3/c38-29(24-19-26(22-7-3-1-4-8-22)33-27(20-24)23-9-5-2-6-10-23)37-17-15-35(16-18-37)25-11-13-36(14-12-25)30(39)28-21-32-31(40)34-28/h1-10,19-20,25,28H,11-18,21H2,(H2,32,34,40). The lowest BCUT2D eigenvalue weighted by Gasteiger charge is -2.43. The third-order valence-corrected chi connectivity index (χ3v) is 8.18. The molecule has 0 radical (unpaired) electrons. The maximum atomic E-state index is 13.7. The highest BCUT2D eigenvalue weighted by atomic mass is 16.2. The van der Waals surface area contributed by atoms with Crippen LogP contribution in [0.3, 0.4) is 0 Å². The van der Waals surface area contributed by atoms with Crippen LogP contribution in [0.15, 0.2) is 72.8 Å². The molecule has 1 unspecified atom stereocenters. The predicted octanol–water partition coefficient (Wildman–Crippen LogP) is 2.85. The Labute approximate surface area is 234 Å². The Morgan fingerprint density at radius 3 is 1.85 bits per heavy atom. The van der Waals surface area contributed by atoms with Gasteiger partial charge in [-0.3, -0.25) is 14.5 Å². The Balaban J connectivity index is 1.10. The van der Waals surface area contributed by atoms with Crippen molar-refractivity contribution < 1.29 is 14.4 Å². The number of benzene rings is 2. The number of nitrogens with zero attached hydrogens (tertiary/aromatic N) is 4. The third kappa shape index (κ3) is 5.56. The van der Waals surface area contributed by atoms with Gasteiger partial charge in [-0.1, -0.05) is 60.7 Å². The number of carbonyl (C=O) groups is 3. The van der Waals surface area contributed by atoms with Crippen molar-refractivity contribution in [3.05, 3.63) is 78.4 Å². The van der Waals surface area contributed by atoms with Crippen molar-refractivity contribution >= 4 is 17.8 Å². The maximum absolute atomic E-state index is 13.7. The highest BCUT2D eigenvalue weighted by molar-refractivity contribution is 5.96. The van der Waals surface area contributed by atoms with E-state index in [9.17, 15) is 14.4 Å². The van der Waals surface area contributed by atoms with Crippen molar-refractivity contribution in [1.82, 2.24) is 30.3 Å². The molecule has 9 nitrogen and oxygen atoms in total. The number of nitrogens with one attached hydrogen (secondary N) is 2. The lowest BCUT2D eigenvalue weighted by molar-refractivity contribution is -0.134. The molecule has 4 heterocycles. The van der Waals surface area contributed by atoms with Crippen molar-refractivity contribution in [3.63, 3.8) is 0 Å². The van der Waals surface area contributed by atoms with E-state index < -0.39 is 6.04 Å². The molecule has 3 aliphatic heterocycles. The first kappa shape index (κ1) is 26.0. The number of pyridine rings is 1. The molecule has 1 atom stereocenters. The van der Waals surface area contributed by atoms with Gasteiger partial charge in [0.1, 0.15) is 6.04 Å². The molecule has 206 valence electrons. The summed E-state index contributed by atoms with van der Waals surface area (Å²) in [5, 5.41) is 5.34. The number of piperazine rings is 1. The fraction of sp³-hybridized carbons (Fsp3) is 0.355. The van der Waals surface area contributed by atoms with Crippen LogP contribution < -0.4 is 10.6 Å². The molecule has 2 N–H and O–H groups in total. The van der Waals surface area contributed by atoms with Crippen molar-refractivity contribution in [2.75, 3.05) is 45.8 Å². The molecular weight excluding hydrogens is 504 g/mol. The Morgan fingerprint density at radius 1 is 0.750 bits per heavy atom. The molecule has 1 aromatic heterocycles. The molecule has 6 rings (SSSR count). The zero-order chi connectivity index (χ0) is 27.5. The highest BCUT2D eigenvalue weighted by Gasteiger charge is 2.35. The van der Waals surface area contributed by atoms with E-state index >= 15 is 0 Å². The SMILES string of the molecule is O=C1NCC(C(=O)N2CCC(N3CCN(C(=O)c4cc(-c5ccccc5)nc(-c5ccccc5)c4)CC3)CC2)N1. The van der Waals surface area contributed by atoms with E-state index in [-0.39, 0.29) is 17.8 Å². The lowest BCUT2D eigenvalue weighted by atomic mass is 10.0. The summed E-state index contributed by atoms with van der Waals surface area (Å²) < 4.78 is 0. The molecule has 2 aromatic carbocycles. The number of urea groups is 1. The summed E-state index contributed by atoms with van der Waals surface area (Å²) in [7, 11) is 0. The quantitative estimate of drug-likeness (QED) is 0.521. The van der Waals surface area contributed by atoms with Crippen LogP contribution in [0.4, 0.5) is 4.79 Å². The van der Waals surface area contributed by atoms with Crippen molar-refractivity contribution in [2.45, 2.75) is 24.9 Å². The second-order valence-electron chi connectivity index (χ2n) is 10.6. The number of carbonyl (C=O) groups excluding carboxylic acids is 3. The zero-order valence-electron chi connectivity index (χ0n) is 22.5. The number of likely N-dealkylation sites (tertiary alicyclic amines) is 1. The van der Waals surface area contributed by atoms with Crippen LogP contribution in [-0.4, -0.2) is 95.4 Å². The Bertz CT molecular complexity index is 1310. The van der Waals surface area contributed by atoms with Gasteiger partial charge >= 0.3 is 6.03 Å². The number of aromatic nitrogens is 1. The molecule has 0 bridgehead atoms. The topological polar surface area (TPSA) is 97.9 Å². The monoisotopic (exact) mass is 538 g/mol. The number of rotatable bonds is 5. The normalized spacial score (nSPS) is 20.2. The van der Waals surface area contributed by atoms with Crippen LogP contribution >= 0.6 is 0 Å². The van der Waals surface area contributed by atoms with Crippen LogP contribution in [-0.2, 0) is 4.79 Å². The van der Waals surface area contributed by atoms with Gasteiger partial charge in [-0.2, -0.15) is 0 Å². The second-order valence-corrected chi connectivity index (χ2v) is 10.6. The summed E-state index contributed by atoms with van der Waals surface area (Å²) in [6, 6.07) is 23.4. The largest absolute Gasteiger partial charge is 0.341 e. The minimum absolute atomic E-state index is 0.00527. The fourth-order valence-electron chi connectivity index (χ4n) is 5.92. The first-order chi connectivity index (χ1) is 19.5. The van der Waals surface area contributed by atoms with E-state index in [2.05, 4.69) is 15.5 Å². The average molecular weight is 539 g/mol. The van der Waals surface area contributed by atoms with Crippen LogP contribution in [0, 0.1) is 0 Å². The van der Waals surface area contributed by atoms with E-state index in [0.29, 0.717) is 44.3 Å². The number of amides is 4. The second kappa shape index (κ2) is 11.5. The maximum Gasteiger partial charge on any atom is 0.315 e. The van der Waals surface area contributed by atoms with Crippen molar-refractivity contribution in [1.29, 1.82) is 0 Å². The summed E-state index contributed by atoms with van der Waals surface area (Å²) in [6.07, 6.45) is 1.80. The van der Waals surface area contributed by atoms with Gasteiger partial charge in [-0.25, -0.2) is 9.78 Å². The van der Waals surface area contributed by atoms with Crippen molar-refractivity contribution in [3.8, 4) is 22.5 Å². The van der Waals surface area contributed by atoms with Crippen LogP contribution in [0.2, 0.25) is 0 Å². The average Bonchev–Trinajstić information content (AvgIpc) is 3.47. The first-order valence-corrected chi connectivity index (χ1v) is 14.0. The molecule has 3 fully saturated rings. The molecule has 4 amide bonds. The first-order valence-electron chi connectivity index (χ1n) is 14.0. The minimum atomic E-state index is -0.461. The van der Waals surface area contributed by atoms with Gasteiger partial charge in [0.25, 0.3) is 5.91 Å². The molecule has 40 heavy (non-hydrogen) atoms. The van der Waals surface area contributed by atoms with Gasteiger partial charge in [0, 0.05) is 68.5 Å². The van der Waals surface area contributed by atoms with Gasteiger partial charge in [0.05, 0.1) is 11.4 Å². The molecule has 0 saturated carbocycles. The third-order valence-electron chi connectivity index (χ3n) is 8.18. The summed E-state index contributed by atoms with van der Waals surface area (Å²) in [5.74, 6) is 0.0263. The number of hydrogen-bond acceptors (Lipinski definition) is 5. The Hall–Kier alpha value is -4.24. The molecule has 0 spiro atoms. The fourth-order valence-corrected chi connectivity index (χ4v) is 5.92. The molecule has 0 aliphatic carbocycles. The predicted molar refractivity (Wildman–Crippen MR) is 153 cm³/mol. The van der Waals surface area contributed by atoms with E-state index in [1.54, 1.807) is 0 Å². The zero-order valence-corrected chi connectivity index (χ0v) is 22.5. The molecular formula is C31H34N6O3. The lowest BCUT2D eigenvalue weighted by Crippen LogP contribution is -2.56. The molecule has 3 aromatic rings. The van der Waals surface area contributed by atoms with Crippen LogP contribution in [0.1, 0.15) is 23.2 Å². The Kier molecular flexibility index (Phi) is 7.46. The van der Waals surface area contributed by atoms with Gasteiger partial charge < -0.3 is 20.4 Å². The van der Waals surface area contributed by atoms with Gasteiger partial charge in [-0.05, 0) is 25.0 Å². The van der Waals surface area contributed by atoms with E-state index in [0.717, 1.165) is 48.4 Å². The minimum Gasteiger partial charge on any atom is -0.341 e. The molecule has 3 aliphatic rings. The van der Waals surface area contributed by atoms with Crippen molar-refractivity contribution in [2.24, 2.45) is 0 Å². The summed E-state index contributed by atoms with van der Waals surface area (Å²) in [4.78, 5) is 49.0. The highest BCUT2D eigenvalue weighted by Crippen LogP contribution is 2.26. The molecule has 3 saturated heterocycles. The van der Waals surface area contributed by atoms with Gasteiger partial charge in [0.2, 0.25) is 5.91 Å². The molecule has 9 heteroatoms. The Morgan fingerprint density at radius 2 is 1.32 bits per heavy atom. The smallest absolute Gasteiger partial charge is 0.315 e. The van der Waals surface area contributed by atoms with Crippen LogP contribution in [0.25, 0.3) is 22.5 Å². The number of piperidine rings is 1. The van der Waals surface area contributed by atoms with Gasteiger partial charge in [0.15, 0.2) is 0 Å².